The molecule has 0 spiro atoms. The maximum Gasteiger partial charge on any atom is 0.312 e. The van der Waals surface area contributed by atoms with Crippen molar-refractivity contribution in [3.05, 3.63) is 93.2 Å². The molecule has 164 valence electrons. The number of hydrogen-bond acceptors (Lipinski definition) is 6. The molecule has 8 heteroatoms. The van der Waals surface area contributed by atoms with E-state index in [1.165, 1.54) is 19.5 Å². The van der Waals surface area contributed by atoms with Gasteiger partial charge in [0.15, 0.2) is 11.2 Å². The monoisotopic (exact) mass is 515 g/mol. The van der Waals surface area contributed by atoms with E-state index in [1.807, 2.05) is 42.5 Å². The van der Waals surface area contributed by atoms with E-state index in [-0.39, 0.29) is 16.3 Å². The molecule has 0 radical (unpaired) electrons. The zero-order valence-corrected chi connectivity index (χ0v) is 19.2. The number of benzene rings is 2. The van der Waals surface area contributed by atoms with Gasteiger partial charge in [0.2, 0.25) is 0 Å². The van der Waals surface area contributed by atoms with Crippen LogP contribution in [0.2, 0.25) is 5.02 Å². The average Bonchev–Trinajstić information content (AvgIpc) is 3.18. The smallest absolute Gasteiger partial charge is 0.312 e. The first-order valence-corrected chi connectivity index (χ1v) is 11.2. The molecule has 6 nitrogen and oxygen atoms in total. The Balaban J connectivity index is 1.89. The van der Waals surface area contributed by atoms with E-state index in [1.54, 1.807) is 12.1 Å². The zero-order chi connectivity index (χ0) is 22.7. The summed E-state index contributed by atoms with van der Waals surface area (Å²) in [4.78, 5) is 17.1. The van der Waals surface area contributed by atoms with Gasteiger partial charge < -0.3 is 19.7 Å². The Bertz CT molecular complexity index is 1190. The molecule has 1 aromatic heterocycles. The molecule has 1 saturated carbocycles. The molecule has 1 aliphatic carbocycles. The third-order valence-electron chi connectivity index (χ3n) is 6.55. The van der Waals surface area contributed by atoms with Crippen LogP contribution in [0.5, 0.6) is 5.75 Å². The van der Waals surface area contributed by atoms with Crippen molar-refractivity contribution in [3.63, 3.8) is 0 Å². The Hall–Kier alpha value is -2.45. The molecule has 1 aliphatic heterocycles. The number of aliphatic hydroxyl groups excluding tert-OH is 1. The van der Waals surface area contributed by atoms with Crippen LogP contribution in [0, 0.1) is 5.92 Å². The Morgan fingerprint density at radius 1 is 1.16 bits per heavy atom. The highest BCUT2D eigenvalue weighted by molar-refractivity contribution is 9.10. The quantitative estimate of drug-likeness (QED) is 0.513. The largest absolute Gasteiger partial charge is 0.476 e. The summed E-state index contributed by atoms with van der Waals surface area (Å²) in [5.41, 5.74) is -2.12. The second kappa shape index (κ2) is 7.56. The van der Waals surface area contributed by atoms with E-state index in [2.05, 4.69) is 20.9 Å². The van der Waals surface area contributed by atoms with Crippen LogP contribution in [0.25, 0.3) is 0 Å². The lowest BCUT2D eigenvalue weighted by atomic mass is 9.71. The van der Waals surface area contributed by atoms with Crippen molar-refractivity contribution in [3.8, 4) is 5.75 Å². The summed E-state index contributed by atoms with van der Waals surface area (Å²) in [5, 5.41) is 24.1. The van der Waals surface area contributed by atoms with Crippen molar-refractivity contribution < 1.29 is 24.5 Å². The summed E-state index contributed by atoms with van der Waals surface area (Å²) in [6.07, 6.45) is 1.28. The summed E-state index contributed by atoms with van der Waals surface area (Å²) in [6, 6.07) is 16.4. The molecule has 2 aromatic carbocycles. The lowest BCUT2D eigenvalue weighted by Gasteiger charge is -2.40. The molecule has 0 bridgehead atoms. The SMILES string of the molecule is COC(=O)[C@H]1[C@@H](O)[C@@]2(O)c3c(Cl)cncc3O[C@@]2(c2ccc(Br)cc2)[C@@H]1c1ccccc1. The molecule has 5 rings (SSSR count). The summed E-state index contributed by atoms with van der Waals surface area (Å²) >= 11 is 9.92. The summed E-state index contributed by atoms with van der Waals surface area (Å²) < 4.78 is 12.4. The van der Waals surface area contributed by atoms with Gasteiger partial charge in [0.05, 0.1) is 29.8 Å². The van der Waals surface area contributed by atoms with Gasteiger partial charge in [-0.25, -0.2) is 0 Å². The first-order chi connectivity index (χ1) is 15.4. The molecule has 0 saturated heterocycles. The van der Waals surface area contributed by atoms with Gasteiger partial charge >= 0.3 is 5.97 Å². The predicted octanol–water partition coefficient (Wildman–Crippen LogP) is 3.92. The van der Waals surface area contributed by atoms with E-state index in [0.29, 0.717) is 11.1 Å². The molecule has 2 heterocycles. The lowest BCUT2D eigenvalue weighted by Crippen LogP contribution is -2.52. The maximum atomic E-state index is 13.0. The molecule has 32 heavy (non-hydrogen) atoms. The van der Waals surface area contributed by atoms with Gasteiger partial charge in [-0.15, -0.1) is 0 Å². The fourth-order valence-corrected chi connectivity index (χ4v) is 5.88. The molecule has 0 amide bonds. The number of ether oxygens (including phenoxy) is 2. The normalized spacial score (nSPS) is 30.3. The first kappa shape index (κ1) is 21.4. The summed E-state index contributed by atoms with van der Waals surface area (Å²) in [6.45, 7) is 0. The van der Waals surface area contributed by atoms with Crippen molar-refractivity contribution in [2.75, 3.05) is 7.11 Å². The molecule has 0 unspecified atom stereocenters. The Labute approximate surface area is 197 Å². The van der Waals surface area contributed by atoms with Gasteiger partial charge in [0.25, 0.3) is 0 Å². The number of halogens is 2. The van der Waals surface area contributed by atoms with Crippen molar-refractivity contribution in [1.29, 1.82) is 0 Å². The number of carbonyl (C=O) groups excluding carboxylic acids is 1. The minimum atomic E-state index is -2.05. The van der Waals surface area contributed by atoms with Crippen LogP contribution < -0.4 is 4.74 Å². The number of methoxy groups -OCH3 is 1. The maximum absolute atomic E-state index is 13.0. The fourth-order valence-electron chi connectivity index (χ4n) is 5.32. The van der Waals surface area contributed by atoms with Gasteiger partial charge in [-0.2, -0.15) is 0 Å². The van der Waals surface area contributed by atoms with Crippen molar-refractivity contribution >= 4 is 33.5 Å². The molecule has 3 aromatic rings. The van der Waals surface area contributed by atoms with E-state index in [4.69, 9.17) is 21.1 Å². The number of hydrogen-bond donors (Lipinski definition) is 2. The van der Waals surface area contributed by atoms with Crippen molar-refractivity contribution in [2.45, 2.75) is 23.2 Å². The Morgan fingerprint density at radius 2 is 1.84 bits per heavy atom. The highest BCUT2D eigenvalue weighted by Crippen LogP contribution is 2.69. The zero-order valence-electron chi connectivity index (χ0n) is 16.9. The second-order valence-corrected chi connectivity index (χ2v) is 9.31. The number of aliphatic hydroxyl groups is 2. The lowest BCUT2D eigenvalue weighted by molar-refractivity contribution is -0.161. The molecule has 2 aliphatic rings. The van der Waals surface area contributed by atoms with Crippen LogP contribution in [-0.2, 0) is 20.7 Å². The highest BCUT2D eigenvalue weighted by Gasteiger charge is 2.78. The Morgan fingerprint density at radius 3 is 2.50 bits per heavy atom. The number of rotatable bonds is 3. The molecular formula is C24H19BrClNO5. The number of fused-ring (bicyclic) bond motifs is 3. The van der Waals surface area contributed by atoms with Crippen LogP contribution >= 0.6 is 27.5 Å². The second-order valence-electron chi connectivity index (χ2n) is 7.99. The van der Waals surface area contributed by atoms with Crippen LogP contribution in [0.15, 0.2) is 71.5 Å². The minimum Gasteiger partial charge on any atom is -0.476 e. The summed E-state index contributed by atoms with van der Waals surface area (Å²) in [7, 11) is 1.26. The van der Waals surface area contributed by atoms with E-state index >= 15 is 0 Å². The van der Waals surface area contributed by atoms with Crippen LogP contribution in [-0.4, -0.2) is 34.4 Å². The third kappa shape index (κ3) is 2.65. The van der Waals surface area contributed by atoms with E-state index in [9.17, 15) is 15.0 Å². The highest BCUT2D eigenvalue weighted by atomic mass is 79.9. The average molecular weight is 517 g/mol. The van der Waals surface area contributed by atoms with Gasteiger partial charge in [0.1, 0.15) is 11.9 Å². The number of aromatic nitrogens is 1. The number of esters is 1. The van der Waals surface area contributed by atoms with E-state index in [0.717, 1.165) is 4.47 Å². The summed E-state index contributed by atoms with van der Waals surface area (Å²) in [5.74, 6) is -2.30. The van der Waals surface area contributed by atoms with Gasteiger partial charge in [-0.1, -0.05) is 70.0 Å². The molecular weight excluding hydrogens is 498 g/mol. The van der Waals surface area contributed by atoms with Gasteiger partial charge in [-0.3, -0.25) is 9.78 Å². The minimum absolute atomic E-state index is 0.139. The third-order valence-corrected chi connectivity index (χ3v) is 7.37. The van der Waals surface area contributed by atoms with Crippen LogP contribution in [0.3, 0.4) is 0 Å². The van der Waals surface area contributed by atoms with Crippen LogP contribution in [0.1, 0.15) is 22.6 Å². The van der Waals surface area contributed by atoms with Crippen LogP contribution in [0.4, 0.5) is 0 Å². The predicted molar refractivity (Wildman–Crippen MR) is 120 cm³/mol. The first-order valence-electron chi connectivity index (χ1n) is 9.98. The standard InChI is InChI=1S/C24H19BrClNO5/c1-31-22(29)18-19(13-5-3-2-4-6-13)24(14-7-9-15(25)10-8-14)23(30,21(18)28)20-16(26)11-27-12-17(20)32-24/h2-12,18-19,21,28,30H,1H3/t18-,19-,21-,23+,24+/m1/s1. The molecule has 1 fully saturated rings. The van der Waals surface area contributed by atoms with Gasteiger partial charge in [-0.05, 0) is 23.3 Å². The Kier molecular flexibility index (Phi) is 5.05. The number of carbonyl (C=O) groups is 1. The van der Waals surface area contributed by atoms with Crippen molar-refractivity contribution in [2.24, 2.45) is 5.92 Å². The number of nitrogens with zero attached hydrogens (tertiary/aromatic N) is 1. The number of pyridine rings is 1. The van der Waals surface area contributed by atoms with Crippen molar-refractivity contribution in [1.82, 2.24) is 4.98 Å². The van der Waals surface area contributed by atoms with Gasteiger partial charge in [0, 0.05) is 16.6 Å². The molecule has 2 N–H and O–H groups in total. The fraction of sp³-hybridized carbons (Fsp3) is 0.250. The molecule has 5 atom stereocenters. The van der Waals surface area contributed by atoms with E-state index < -0.39 is 35.1 Å². The topological polar surface area (TPSA) is 88.9 Å².